The molecule has 8 heteroatoms. The third-order valence-corrected chi connectivity index (χ3v) is 7.57. The number of nitrogens with zero attached hydrogens (tertiary/aromatic N) is 2. The Balaban J connectivity index is 1.55. The first-order chi connectivity index (χ1) is 14.3. The Kier molecular flexibility index (Phi) is 7.79. The largest absolute Gasteiger partial charge is 0.591 e. The van der Waals surface area contributed by atoms with Gasteiger partial charge in [0.1, 0.15) is 18.0 Å². The summed E-state index contributed by atoms with van der Waals surface area (Å²) in [5.41, 5.74) is 1.64. The summed E-state index contributed by atoms with van der Waals surface area (Å²) < 4.78 is 29.0. The van der Waals surface area contributed by atoms with Crippen molar-refractivity contribution in [1.82, 2.24) is 5.32 Å². The highest BCUT2D eigenvalue weighted by atomic mass is 32.2. The molecule has 0 saturated carbocycles. The van der Waals surface area contributed by atoms with Crippen LogP contribution >= 0.6 is 0 Å². The van der Waals surface area contributed by atoms with Crippen LogP contribution < -0.4 is 5.32 Å². The number of hydrogen-bond donors (Lipinski definition) is 1. The average Bonchev–Trinajstić information content (AvgIpc) is 2.71. The zero-order valence-electron chi connectivity index (χ0n) is 18.3. The molecule has 1 unspecified atom stereocenters. The van der Waals surface area contributed by atoms with E-state index in [0.29, 0.717) is 25.3 Å². The van der Waals surface area contributed by atoms with Gasteiger partial charge in [-0.05, 0) is 19.4 Å². The van der Waals surface area contributed by atoms with E-state index in [1.807, 2.05) is 44.2 Å². The fraction of sp³-hybridized carbons (Fsp3) is 0.636. The Morgan fingerprint density at radius 2 is 2.10 bits per heavy atom. The van der Waals surface area contributed by atoms with Crippen LogP contribution in [0.2, 0.25) is 0 Å². The van der Waals surface area contributed by atoms with Crippen molar-refractivity contribution in [1.29, 1.82) is 0 Å². The monoisotopic (exact) mass is 436 g/mol. The van der Waals surface area contributed by atoms with Gasteiger partial charge in [0.15, 0.2) is 4.75 Å². The average molecular weight is 437 g/mol. The van der Waals surface area contributed by atoms with Gasteiger partial charge in [0.25, 0.3) is 0 Å². The first-order valence-corrected chi connectivity index (χ1v) is 11.8. The molecule has 0 spiro atoms. The van der Waals surface area contributed by atoms with Crippen LogP contribution in [0.15, 0.2) is 34.7 Å². The molecule has 0 bridgehead atoms. The van der Waals surface area contributed by atoms with Crippen LogP contribution in [0.1, 0.15) is 38.7 Å². The third kappa shape index (κ3) is 6.44. The van der Waals surface area contributed by atoms with Crippen LogP contribution in [0, 0.1) is 0 Å². The lowest BCUT2D eigenvalue weighted by molar-refractivity contribution is -0.946. The summed E-state index contributed by atoms with van der Waals surface area (Å²) in [7, 11) is 2.26. The van der Waals surface area contributed by atoms with Crippen molar-refractivity contribution < 1.29 is 23.3 Å². The fourth-order valence-electron chi connectivity index (χ4n) is 3.57. The molecule has 7 nitrogen and oxygen atoms in total. The molecule has 2 heterocycles. The number of quaternary nitrogens is 1. The minimum atomic E-state index is -1.38. The molecule has 3 rings (SSSR count). The molecule has 1 amide bonds. The molecule has 2 aliphatic rings. The number of hydrogen-bond acceptors (Lipinski definition) is 5. The van der Waals surface area contributed by atoms with E-state index in [2.05, 4.69) is 16.8 Å². The summed E-state index contributed by atoms with van der Waals surface area (Å²) in [5, 5.41) is 2.82. The van der Waals surface area contributed by atoms with Gasteiger partial charge in [0.05, 0.1) is 51.6 Å². The number of likely N-dealkylation sites (tertiary alicyclic amines) is 1. The second-order valence-corrected chi connectivity index (χ2v) is 10.9. The normalized spacial score (nSPS) is 23.5. The number of benzene rings is 1. The summed E-state index contributed by atoms with van der Waals surface area (Å²) in [6.45, 7) is 8.46. The summed E-state index contributed by atoms with van der Waals surface area (Å²) in [4.78, 5) is 12.2. The smallest absolute Gasteiger partial charge is 0.408 e. The van der Waals surface area contributed by atoms with E-state index in [0.717, 1.165) is 23.0 Å². The van der Waals surface area contributed by atoms with Gasteiger partial charge in [0.2, 0.25) is 0 Å². The Morgan fingerprint density at radius 3 is 2.77 bits per heavy atom. The van der Waals surface area contributed by atoms with E-state index in [4.69, 9.17) is 9.47 Å². The molecule has 0 aromatic heterocycles. The summed E-state index contributed by atoms with van der Waals surface area (Å²) in [6.07, 6.45) is 2.15. The molecule has 2 fully saturated rings. The van der Waals surface area contributed by atoms with E-state index in [9.17, 15) is 9.35 Å². The van der Waals surface area contributed by atoms with Crippen LogP contribution in [0.3, 0.4) is 0 Å². The highest BCUT2D eigenvalue weighted by Crippen LogP contribution is 2.27. The SMILES string of the molecule is CC(C)(CC[N+]1(C)CCC1)[S+]([O-])N=C1CCOC[C@@H]1NC(=O)OCc1ccccc1. The minimum absolute atomic E-state index is 0.197. The number of ether oxygens (including phenoxy) is 2. The van der Waals surface area contributed by atoms with E-state index in [1.54, 1.807) is 0 Å². The summed E-state index contributed by atoms with van der Waals surface area (Å²) >= 11 is -1.38. The molecule has 2 saturated heterocycles. The predicted molar refractivity (Wildman–Crippen MR) is 119 cm³/mol. The highest BCUT2D eigenvalue weighted by molar-refractivity contribution is 7.91. The number of rotatable bonds is 8. The highest BCUT2D eigenvalue weighted by Gasteiger charge is 2.39. The summed E-state index contributed by atoms with van der Waals surface area (Å²) in [5.74, 6) is 0. The van der Waals surface area contributed by atoms with Crippen molar-refractivity contribution in [2.75, 3.05) is 39.9 Å². The number of carbonyl (C=O) groups is 1. The molecule has 30 heavy (non-hydrogen) atoms. The van der Waals surface area contributed by atoms with Crippen molar-refractivity contribution in [2.45, 2.75) is 50.5 Å². The molecule has 1 aromatic carbocycles. The van der Waals surface area contributed by atoms with Crippen molar-refractivity contribution >= 4 is 23.2 Å². The molecule has 1 N–H and O–H groups in total. The maximum atomic E-state index is 13.0. The molecule has 0 aliphatic carbocycles. The first-order valence-electron chi connectivity index (χ1n) is 10.7. The second-order valence-electron chi connectivity index (χ2n) is 9.07. The Morgan fingerprint density at radius 1 is 1.37 bits per heavy atom. The molecule has 0 radical (unpaired) electrons. The zero-order valence-corrected chi connectivity index (χ0v) is 19.1. The van der Waals surface area contributed by atoms with Crippen molar-refractivity contribution in [3.05, 3.63) is 35.9 Å². The van der Waals surface area contributed by atoms with E-state index in [-0.39, 0.29) is 6.61 Å². The van der Waals surface area contributed by atoms with E-state index < -0.39 is 28.2 Å². The van der Waals surface area contributed by atoms with Crippen LogP contribution in [0.4, 0.5) is 4.79 Å². The molecule has 2 aliphatic heterocycles. The second kappa shape index (κ2) is 10.1. The lowest BCUT2D eigenvalue weighted by Crippen LogP contribution is -2.56. The van der Waals surface area contributed by atoms with Gasteiger partial charge in [-0.25, -0.2) is 4.79 Å². The Hall–Kier alpha value is -1.61. The van der Waals surface area contributed by atoms with Crippen LogP contribution in [-0.2, 0) is 27.4 Å². The number of amides is 1. The van der Waals surface area contributed by atoms with Crippen LogP contribution in [-0.4, -0.2) is 71.5 Å². The maximum absolute atomic E-state index is 13.0. The molecular weight excluding hydrogens is 402 g/mol. The minimum Gasteiger partial charge on any atom is -0.591 e. The van der Waals surface area contributed by atoms with Gasteiger partial charge >= 0.3 is 6.09 Å². The fourth-order valence-corrected chi connectivity index (χ4v) is 4.51. The topological polar surface area (TPSA) is 83.0 Å². The number of carbonyl (C=O) groups excluding carboxylic acids is 1. The van der Waals surface area contributed by atoms with Crippen molar-refractivity contribution in [2.24, 2.45) is 4.40 Å². The van der Waals surface area contributed by atoms with Gasteiger partial charge in [-0.15, -0.1) is 0 Å². The van der Waals surface area contributed by atoms with Gasteiger partial charge < -0.3 is 23.8 Å². The van der Waals surface area contributed by atoms with E-state index in [1.165, 1.54) is 19.5 Å². The Labute approximate surface area is 182 Å². The number of nitrogens with one attached hydrogen (secondary N) is 1. The van der Waals surface area contributed by atoms with Gasteiger partial charge in [-0.3, -0.25) is 0 Å². The maximum Gasteiger partial charge on any atom is 0.408 e. The summed E-state index contributed by atoms with van der Waals surface area (Å²) in [6, 6.07) is 9.10. The van der Waals surface area contributed by atoms with E-state index >= 15 is 0 Å². The first kappa shape index (κ1) is 23.1. The molecule has 2 atom stereocenters. The zero-order chi connectivity index (χ0) is 21.6. The third-order valence-electron chi connectivity index (χ3n) is 6.02. The van der Waals surface area contributed by atoms with Crippen LogP contribution in [0.5, 0.6) is 0 Å². The van der Waals surface area contributed by atoms with Gasteiger partial charge in [-0.1, -0.05) is 34.7 Å². The van der Waals surface area contributed by atoms with Gasteiger partial charge in [0, 0.05) is 19.3 Å². The van der Waals surface area contributed by atoms with Crippen LogP contribution in [0.25, 0.3) is 0 Å². The van der Waals surface area contributed by atoms with Crippen molar-refractivity contribution in [3.8, 4) is 0 Å². The lowest BCUT2D eigenvalue weighted by Gasteiger charge is -2.43. The Bertz CT molecular complexity index is 737. The molecule has 1 aromatic rings. The molecule has 166 valence electrons. The standard InChI is InChI=1S/C22H33N3O4S/c1-22(2,11-14-25(3)12-7-13-25)30(27)24-19-10-15-28-17-20(19)23-21(26)29-16-18-8-5-4-6-9-18/h4-6,8-9,20H,7,10-17H2,1-3H3/p+1/t20-,30?/m0/s1. The van der Waals surface area contributed by atoms with Gasteiger partial charge in [-0.2, -0.15) is 0 Å². The quantitative estimate of drug-likeness (QED) is 0.502. The lowest BCUT2D eigenvalue weighted by atomic mass is 10.1. The van der Waals surface area contributed by atoms with Crippen molar-refractivity contribution in [3.63, 3.8) is 0 Å². The molecular formula is C22H34N3O4S+. The predicted octanol–water partition coefficient (Wildman–Crippen LogP) is 2.83. The number of alkyl carbamates (subject to hydrolysis) is 1.